The van der Waals surface area contributed by atoms with Gasteiger partial charge in [-0.05, 0) is 37.2 Å². The highest BCUT2D eigenvalue weighted by molar-refractivity contribution is 5.87. The summed E-state index contributed by atoms with van der Waals surface area (Å²) in [5.74, 6) is 1.16. The Bertz CT molecular complexity index is 296. The maximum absolute atomic E-state index is 11.0. The highest BCUT2D eigenvalue weighted by Crippen LogP contribution is 2.47. The van der Waals surface area contributed by atoms with Crippen LogP contribution in [0.25, 0.3) is 0 Å². The summed E-state index contributed by atoms with van der Waals surface area (Å²) in [5, 5.41) is 0. The first-order valence-corrected chi connectivity index (χ1v) is 5.72. The molecule has 0 heterocycles. The summed E-state index contributed by atoms with van der Waals surface area (Å²) in [6.07, 6.45) is 6.05. The lowest BCUT2D eigenvalue weighted by molar-refractivity contribution is -0.112. The average molecular weight is 206 g/mol. The molecule has 1 rings (SSSR count). The largest absolute Gasteiger partial charge is 0.295 e. The van der Waals surface area contributed by atoms with E-state index in [9.17, 15) is 4.79 Å². The van der Waals surface area contributed by atoms with Crippen LogP contribution in [0.15, 0.2) is 24.3 Å². The van der Waals surface area contributed by atoms with Gasteiger partial charge >= 0.3 is 0 Å². The number of carbonyl (C=O) groups excluding carboxylic acids is 1. The van der Waals surface area contributed by atoms with Crippen molar-refractivity contribution in [1.29, 1.82) is 0 Å². The molecule has 0 unspecified atom stereocenters. The number of rotatable bonds is 2. The van der Waals surface area contributed by atoms with E-state index in [2.05, 4.69) is 27.4 Å². The van der Waals surface area contributed by atoms with E-state index in [4.69, 9.17) is 0 Å². The zero-order chi connectivity index (χ0) is 11.6. The van der Waals surface area contributed by atoms with Crippen molar-refractivity contribution < 1.29 is 4.79 Å². The van der Waals surface area contributed by atoms with Gasteiger partial charge in [0.25, 0.3) is 0 Å². The summed E-state index contributed by atoms with van der Waals surface area (Å²) in [4.78, 5) is 11.0. The molecule has 1 fully saturated rings. The van der Waals surface area contributed by atoms with Gasteiger partial charge in [0.2, 0.25) is 0 Å². The molecule has 0 radical (unpaired) electrons. The van der Waals surface area contributed by atoms with Gasteiger partial charge < -0.3 is 0 Å². The number of allylic oxidation sites excluding steroid dienone is 3. The van der Waals surface area contributed by atoms with E-state index in [1.165, 1.54) is 12.0 Å². The first-order valence-electron chi connectivity index (χ1n) is 5.72. The van der Waals surface area contributed by atoms with E-state index in [1.54, 1.807) is 13.0 Å². The van der Waals surface area contributed by atoms with Crippen molar-refractivity contribution in [2.24, 2.45) is 17.3 Å². The second-order valence-corrected chi connectivity index (χ2v) is 5.37. The Balaban J connectivity index is 2.90. The zero-order valence-corrected chi connectivity index (χ0v) is 10.3. The van der Waals surface area contributed by atoms with Crippen molar-refractivity contribution >= 4 is 5.78 Å². The fourth-order valence-corrected chi connectivity index (χ4v) is 2.38. The number of hydrogen-bond donors (Lipinski definition) is 0. The smallest absolute Gasteiger partial charge is 0.152 e. The molecule has 2 atom stereocenters. The molecule has 0 aliphatic heterocycles. The number of ketones is 1. The molecule has 1 aliphatic rings. The first kappa shape index (κ1) is 12.2. The van der Waals surface area contributed by atoms with Gasteiger partial charge in [0.1, 0.15) is 0 Å². The molecular weight excluding hydrogens is 184 g/mol. The van der Waals surface area contributed by atoms with Gasteiger partial charge in [-0.1, -0.05) is 39.0 Å². The quantitative estimate of drug-likeness (QED) is 0.496. The van der Waals surface area contributed by atoms with Crippen molar-refractivity contribution in [2.45, 2.75) is 40.5 Å². The Morgan fingerprint density at radius 1 is 1.53 bits per heavy atom. The van der Waals surface area contributed by atoms with Crippen LogP contribution in [-0.2, 0) is 4.79 Å². The minimum Gasteiger partial charge on any atom is -0.295 e. The molecule has 0 aromatic heterocycles. The molecule has 0 aromatic rings. The van der Waals surface area contributed by atoms with E-state index in [1.807, 2.05) is 6.08 Å². The van der Waals surface area contributed by atoms with Gasteiger partial charge in [-0.15, -0.1) is 0 Å². The second kappa shape index (κ2) is 4.34. The van der Waals surface area contributed by atoms with Crippen LogP contribution in [0.5, 0.6) is 0 Å². The van der Waals surface area contributed by atoms with Gasteiger partial charge in [-0.2, -0.15) is 0 Å². The van der Waals surface area contributed by atoms with Crippen molar-refractivity contribution in [3.63, 3.8) is 0 Å². The molecule has 0 amide bonds. The molecule has 0 spiro atoms. The van der Waals surface area contributed by atoms with Crippen LogP contribution in [0.1, 0.15) is 40.5 Å². The van der Waals surface area contributed by atoms with Crippen LogP contribution < -0.4 is 0 Å². The van der Waals surface area contributed by atoms with Crippen molar-refractivity contribution in [1.82, 2.24) is 0 Å². The molecule has 1 nitrogen and oxygen atoms in total. The minimum atomic E-state index is 0.122. The van der Waals surface area contributed by atoms with Gasteiger partial charge in [-0.3, -0.25) is 4.79 Å². The lowest BCUT2D eigenvalue weighted by atomic mass is 9.61. The van der Waals surface area contributed by atoms with Gasteiger partial charge in [0, 0.05) is 5.92 Å². The van der Waals surface area contributed by atoms with E-state index in [0.717, 1.165) is 6.42 Å². The van der Waals surface area contributed by atoms with E-state index in [-0.39, 0.29) is 11.2 Å². The minimum absolute atomic E-state index is 0.122. The molecule has 84 valence electrons. The van der Waals surface area contributed by atoms with Gasteiger partial charge in [0.15, 0.2) is 5.78 Å². The summed E-state index contributed by atoms with van der Waals surface area (Å²) in [6, 6.07) is 0. The third-order valence-corrected chi connectivity index (χ3v) is 3.93. The zero-order valence-electron chi connectivity index (χ0n) is 10.3. The van der Waals surface area contributed by atoms with Gasteiger partial charge in [-0.25, -0.2) is 0 Å². The molecule has 0 N–H and O–H groups in total. The predicted molar refractivity (Wildman–Crippen MR) is 64.6 cm³/mol. The van der Waals surface area contributed by atoms with Crippen LogP contribution in [0.4, 0.5) is 0 Å². The standard InChI is InChI=1S/C14H22O/c1-10-6-7-11(2)14(4,5)13(10)9-8-12(3)15/h8-9,11,13H,1,6-7H2,2-5H3/b9-8-/t11-,13-/m1/s1. The lowest BCUT2D eigenvalue weighted by Crippen LogP contribution is -2.35. The van der Waals surface area contributed by atoms with Gasteiger partial charge in [0.05, 0.1) is 0 Å². The fourth-order valence-electron chi connectivity index (χ4n) is 2.38. The van der Waals surface area contributed by atoms with Crippen LogP contribution in [-0.4, -0.2) is 5.78 Å². The van der Waals surface area contributed by atoms with Crippen LogP contribution >= 0.6 is 0 Å². The fraction of sp³-hybridized carbons (Fsp3) is 0.643. The maximum Gasteiger partial charge on any atom is 0.152 e. The highest BCUT2D eigenvalue weighted by Gasteiger charge is 2.38. The number of hydrogen-bond acceptors (Lipinski definition) is 1. The predicted octanol–water partition coefficient (Wildman–Crippen LogP) is 3.76. The van der Waals surface area contributed by atoms with Crippen molar-refractivity contribution in [2.75, 3.05) is 0 Å². The Morgan fingerprint density at radius 2 is 2.13 bits per heavy atom. The third kappa shape index (κ3) is 2.58. The summed E-state index contributed by atoms with van der Waals surface area (Å²) in [7, 11) is 0. The molecule has 0 saturated heterocycles. The highest BCUT2D eigenvalue weighted by atomic mass is 16.1. The van der Waals surface area contributed by atoms with E-state index < -0.39 is 0 Å². The Hall–Kier alpha value is -0.850. The van der Waals surface area contributed by atoms with Crippen LogP contribution in [0.2, 0.25) is 0 Å². The monoisotopic (exact) mass is 206 g/mol. The summed E-state index contributed by atoms with van der Waals surface area (Å²) in [5.41, 5.74) is 1.50. The molecule has 1 aliphatic carbocycles. The van der Waals surface area contributed by atoms with E-state index >= 15 is 0 Å². The summed E-state index contributed by atoms with van der Waals surface area (Å²) in [6.45, 7) is 12.6. The summed E-state index contributed by atoms with van der Waals surface area (Å²) >= 11 is 0. The molecule has 15 heavy (non-hydrogen) atoms. The third-order valence-electron chi connectivity index (χ3n) is 3.93. The Kier molecular flexibility index (Phi) is 3.54. The molecular formula is C14H22O. The topological polar surface area (TPSA) is 17.1 Å². The molecule has 1 heteroatoms. The van der Waals surface area contributed by atoms with Crippen molar-refractivity contribution in [3.05, 3.63) is 24.3 Å². The Labute approximate surface area is 93.3 Å². The SMILES string of the molecule is C=C1CC[C@@H](C)C(C)(C)[C@@H]1/C=C\C(C)=O. The number of carbonyl (C=O) groups is 1. The maximum atomic E-state index is 11.0. The molecule has 0 bridgehead atoms. The molecule has 0 aromatic carbocycles. The second-order valence-electron chi connectivity index (χ2n) is 5.37. The molecule has 1 saturated carbocycles. The van der Waals surface area contributed by atoms with Crippen molar-refractivity contribution in [3.8, 4) is 0 Å². The Morgan fingerprint density at radius 3 is 2.67 bits per heavy atom. The average Bonchev–Trinajstić information content (AvgIpc) is 2.11. The normalized spacial score (nSPS) is 30.8. The summed E-state index contributed by atoms with van der Waals surface area (Å²) < 4.78 is 0. The van der Waals surface area contributed by atoms with Crippen LogP contribution in [0, 0.1) is 17.3 Å². The van der Waals surface area contributed by atoms with E-state index in [0.29, 0.717) is 11.8 Å². The lowest BCUT2D eigenvalue weighted by Gasteiger charge is -2.44. The first-order chi connectivity index (χ1) is 6.85. The van der Waals surface area contributed by atoms with Crippen LogP contribution in [0.3, 0.4) is 0 Å².